The van der Waals surface area contributed by atoms with Gasteiger partial charge in [-0.25, -0.2) is 0 Å². The Morgan fingerprint density at radius 1 is 1.05 bits per heavy atom. The highest BCUT2D eigenvalue weighted by Crippen LogP contribution is 2.66. The number of hydrogen-bond acceptors (Lipinski definition) is 1. The van der Waals surface area contributed by atoms with E-state index in [1.54, 1.807) is 5.57 Å². The van der Waals surface area contributed by atoms with E-state index >= 15 is 0 Å². The maximum absolute atomic E-state index is 10.1. The molecule has 1 heteroatoms. The number of allylic oxidation sites excluding steroid dienone is 2. The van der Waals surface area contributed by atoms with Gasteiger partial charge in [-0.05, 0) is 92.8 Å². The molecule has 1 nitrogen and oxygen atoms in total. The van der Waals surface area contributed by atoms with E-state index in [9.17, 15) is 5.11 Å². The molecule has 4 aliphatic carbocycles. The zero-order valence-corrected chi connectivity index (χ0v) is 14.1. The monoisotopic (exact) mass is 288 g/mol. The number of rotatable bonds is 0. The average Bonchev–Trinajstić information content (AvgIpc) is 2.76. The molecule has 0 radical (unpaired) electrons. The van der Waals surface area contributed by atoms with Crippen LogP contribution < -0.4 is 0 Å². The van der Waals surface area contributed by atoms with E-state index in [2.05, 4.69) is 26.8 Å². The lowest BCUT2D eigenvalue weighted by molar-refractivity contribution is -0.117. The van der Waals surface area contributed by atoms with Crippen LogP contribution in [0.5, 0.6) is 0 Å². The summed E-state index contributed by atoms with van der Waals surface area (Å²) in [5, 5.41) is 10.1. The molecule has 3 saturated carbocycles. The van der Waals surface area contributed by atoms with Crippen molar-refractivity contribution in [3.05, 3.63) is 11.6 Å². The summed E-state index contributed by atoms with van der Waals surface area (Å²) in [4.78, 5) is 0. The van der Waals surface area contributed by atoms with E-state index < -0.39 is 0 Å². The van der Waals surface area contributed by atoms with Gasteiger partial charge >= 0.3 is 0 Å². The van der Waals surface area contributed by atoms with Gasteiger partial charge in [0.1, 0.15) is 0 Å². The van der Waals surface area contributed by atoms with Crippen molar-refractivity contribution < 1.29 is 5.11 Å². The van der Waals surface area contributed by atoms with Crippen LogP contribution in [0.25, 0.3) is 0 Å². The Hall–Kier alpha value is -0.300. The summed E-state index contributed by atoms with van der Waals surface area (Å²) in [5.74, 6) is 3.60. The molecule has 3 fully saturated rings. The molecular formula is C20H32O. The van der Waals surface area contributed by atoms with Crippen molar-refractivity contribution >= 4 is 0 Å². The van der Waals surface area contributed by atoms with E-state index in [0.29, 0.717) is 10.8 Å². The van der Waals surface area contributed by atoms with Gasteiger partial charge in [0.05, 0.1) is 6.10 Å². The van der Waals surface area contributed by atoms with Crippen molar-refractivity contribution in [2.45, 2.75) is 78.2 Å². The van der Waals surface area contributed by atoms with Gasteiger partial charge < -0.3 is 5.11 Å². The van der Waals surface area contributed by atoms with Gasteiger partial charge in [-0.3, -0.25) is 0 Å². The maximum atomic E-state index is 10.1. The first-order chi connectivity index (χ1) is 9.95. The van der Waals surface area contributed by atoms with Crippen molar-refractivity contribution in [2.24, 2.45) is 34.5 Å². The Morgan fingerprint density at radius 2 is 1.86 bits per heavy atom. The fourth-order valence-electron chi connectivity index (χ4n) is 7.02. The number of aliphatic hydroxyl groups is 1. The molecule has 0 heterocycles. The summed E-state index contributed by atoms with van der Waals surface area (Å²) in [6.07, 6.45) is 12.9. The summed E-state index contributed by atoms with van der Waals surface area (Å²) in [6, 6.07) is 0. The summed E-state index contributed by atoms with van der Waals surface area (Å²) in [6.45, 7) is 7.51. The highest BCUT2D eigenvalue weighted by Gasteiger charge is 2.57. The van der Waals surface area contributed by atoms with E-state index in [4.69, 9.17) is 0 Å². The summed E-state index contributed by atoms with van der Waals surface area (Å²) in [5.41, 5.74) is 2.72. The van der Waals surface area contributed by atoms with Crippen LogP contribution >= 0.6 is 0 Å². The Labute approximate surface area is 130 Å². The second kappa shape index (κ2) is 4.60. The Balaban J connectivity index is 1.63. The summed E-state index contributed by atoms with van der Waals surface area (Å²) >= 11 is 0. The third-order valence-electron chi connectivity index (χ3n) is 8.61. The number of hydrogen-bond donors (Lipinski definition) is 1. The molecule has 0 spiro atoms. The van der Waals surface area contributed by atoms with Crippen LogP contribution in [-0.2, 0) is 0 Å². The quantitative estimate of drug-likeness (QED) is 0.626. The van der Waals surface area contributed by atoms with Gasteiger partial charge in [-0.15, -0.1) is 0 Å². The average molecular weight is 288 g/mol. The fourth-order valence-corrected chi connectivity index (χ4v) is 7.02. The first-order valence-electron chi connectivity index (χ1n) is 9.30. The molecule has 0 aromatic carbocycles. The van der Waals surface area contributed by atoms with Gasteiger partial charge in [0.15, 0.2) is 0 Å². The second-order valence-corrected chi connectivity index (χ2v) is 9.16. The fraction of sp³-hybridized carbons (Fsp3) is 0.900. The molecular weight excluding hydrogens is 256 g/mol. The lowest BCUT2D eigenvalue weighted by atomic mass is 9.45. The van der Waals surface area contributed by atoms with Crippen LogP contribution in [0.1, 0.15) is 72.1 Å². The highest BCUT2D eigenvalue weighted by molar-refractivity contribution is 5.23. The smallest absolute Gasteiger partial charge is 0.0543 e. The zero-order chi connectivity index (χ0) is 14.8. The molecule has 0 aromatic rings. The molecule has 4 rings (SSSR count). The molecule has 7 atom stereocenters. The minimum Gasteiger partial charge on any atom is -0.393 e. The van der Waals surface area contributed by atoms with Crippen molar-refractivity contribution in [1.29, 1.82) is 0 Å². The topological polar surface area (TPSA) is 20.2 Å². The van der Waals surface area contributed by atoms with Gasteiger partial charge in [-0.1, -0.05) is 25.5 Å². The second-order valence-electron chi connectivity index (χ2n) is 9.16. The van der Waals surface area contributed by atoms with Crippen LogP contribution in [0.2, 0.25) is 0 Å². The molecule has 0 aliphatic heterocycles. The largest absolute Gasteiger partial charge is 0.393 e. The van der Waals surface area contributed by atoms with Gasteiger partial charge in [0.25, 0.3) is 0 Å². The third kappa shape index (κ3) is 1.85. The van der Waals surface area contributed by atoms with Crippen molar-refractivity contribution in [3.8, 4) is 0 Å². The molecule has 0 amide bonds. The number of aliphatic hydroxyl groups excluding tert-OH is 1. The van der Waals surface area contributed by atoms with E-state index in [1.165, 1.54) is 38.5 Å². The maximum Gasteiger partial charge on any atom is 0.0543 e. The van der Waals surface area contributed by atoms with E-state index in [-0.39, 0.29) is 6.10 Å². The first-order valence-corrected chi connectivity index (χ1v) is 9.30. The van der Waals surface area contributed by atoms with Crippen LogP contribution in [0.4, 0.5) is 0 Å². The van der Waals surface area contributed by atoms with Crippen molar-refractivity contribution in [2.75, 3.05) is 0 Å². The van der Waals surface area contributed by atoms with Gasteiger partial charge in [-0.2, -0.15) is 0 Å². The van der Waals surface area contributed by atoms with E-state index in [0.717, 1.165) is 36.5 Å². The van der Waals surface area contributed by atoms with Crippen LogP contribution in [0.3, 0.4) is 0 Å². The Bertz CT molecular complexity index is 466. The number of fused-ring (bicyclic) bond motifs is 5. The van der Waals surface area contributed by atoms with Crippen LogP contribution in [-0.4, -0.2) is 11.2 Å². The standard InChI is InChI=1S/C20H32O/c1-13-4-7-17-16-6-5-14-12-15(21)8-10-20(14,3)18(16)9-11-19(13,17)2/h4,14-18,21H,5-12H2,1-3H3/t14-,15-,16-,17-,18-,19+,20-/m0/s1. The molecule has 118 valence electrons. The minimum atomic E-state index is -0.0103. The van der Waals surface area contributed by atoms with Gasteiger partial charge in [0, 0.05) is 0 Å². The SMILES string of the molecule is CC1=CC[C@H]2[C@@H]3CC[C@H]4C[C@@H](O)CC[C@]4(C)[C@H]3CC[C@]12C. The summed E-state index contributed by atoms with van der Waals surface area (Å²) in [7, 11) is 0. The van der Waals surface area contributed by atoms with Crippen LogP contribution in [0, 0.1) is 34.5 Å². The zero-order valence-electron chi connectivity index (χ0n) is 14.1. The third-order valence-corrected chi connectivity index (χ3v) is 8.61. The lowest BCUT2D eigenvalue weighted by Gasteiger charge is -2.60. The molecule has 1 N–H and O–H groups in total. The molecule has 0 bridgehead atoms. The lowest BCUT2D eigenvalue weighted by Crippen LogP contribution is -2.53. The minimum absolute atomic E-state index is 0.0103. The van der Waals surface area contributed by atoms with Crippen LogP contribution in [0.15, 0.2) is 11.6 Å². The first kappa shape index (κ1) is 14.3. The normalized spacial score (nSPS) is 56.2. The molecule has 0 aromatic heterocycles. The Morgan fingerprint density at radius 3 is 2.67 bits per heavy atom. The molecule has 0 saturated heterocycles. The molecule has 0 unspecified atom stereocenters. The molecule has 4 aliphatic rings. The van der Waals surface area contributed by atoms with Crippen molar-refractivity contribution in [3.63, 3.8) is 0 Å². The predicted octanol–water partition coefficient (Wildman–Crippen LogP) is 4.95. The summed E-state index contributed by atoms with van der Waals surface area (Å²) < 4.78 is 0. The Kier molecular flexibility index (Phi) is 3.13. The molecule has 21 heavy (non-hydrogen) atoms. The van der Waals surface area contributed by atoms with E-state index in [1.807, 2.05) is 0 Å². The highest BCUT2D eigenvalue weighted by atomic mass is 16.3. The van der Waals surface area contributed by atoms with Crippen molar-refractivity contribution in [1.82, 2.24) is 0 Å². The van der Waals surface area contributed by atoms with Gasteiger partial charge in [0.2, 0.25) is 0 Å². The predicted molar refractivity (Wildman–Crippen MR) is 86.9 cm³/mol.